The van der Waals surface area contributed by atoms with Crippen LogP contribution in [0.15, 0.2) is 35.6 Å². The topological polar surface area (TPSA) is 73.6 Å². The molecule has 0 aliphatic rings. The SMILES string of the molecule is CC(=O)CSc1ncnc2c1nnn2-c1ccc(F)cc1. The van der Waals surface area contributed by atoms with Gasteiger partial charge >= 0.3 is 0 Å². The standard InChI is InChI=1S/C13H10FN5OS/c1-8(20)6-21-13-11-12(15-7-16-13)19(18-17-11)10-4-2-9(14)3-5-10/h2-5,7H,6H2,1H3. The lowest BCUT2D eigenvalue weighted by Gasteiger charge is -2.02. The molecule has 1 aromatic carbocycles. The normalized spacial score (nSPS) is 11.0. The molecule has 0 radical (unpaired) electrons. The van der Waals surface area contributed by atoms with E-state index in [1.54, 1.807) is 12.1 Å². The third-order valence-corrected chi connectivity index (χ3v) is 3.81. The number of fused-ring (bicyclic) bond motifs is 1. The largest absolute Gasteiger partial charge is 0.299 e. The molecule has 0 aliphatic carbocycles. The maximum Gasteiger partial charge on any atom is 0.187 e. The molecule has 8 heteroatoms. The van der Waals surface area contributed by atoms with Gasteiger partial charge in [-0.2, -0.15) is 4.68 Å². The van der Waals surface area contributed by atoms with E-state index < -0.39 is 0 Å². The van der Waals surface area contributed by atoms with E-state index in [0.29, 0.717) is 27.6 Å². The van der Waals surface area contributed by atoms with Crippen LogP contribution < -0.4 is 0 Å². The van der Waals surface area contributed by atoms with Gasteiger partial charge in [-0.25, -0.2) is 14.4 Å². The molecular weight excluding hydrogens is 293 g/mol. The highest BCUT2D eigenvalue weighted by atomic mass is 32.2. The van der Waals surface area contributed by atoms with E-state index >= 15 is 0 Å². The molecule has 3 rings (SSSR count). The Labute approximate surface area is 123 Å². The second kappa shape index (κ2) is 5.57. The van der Waals surface area contributed by atoms with Crippen molar-refractivity contribution in [2.45, 2.75) is 11.9 Å². The lowest BCUT2D eigenvalue weighted by atomic mass is 10.3. The summed E-state index contributed by atoms with van der Waals surface area (Å²) >= 11 is 1.29. The maximum atomic E-state index is 13.0. The number of nitrogens with zero attached hydrogens (tertiary/aromatic N) is 5. The summed E-state index contributed by atoms with van der Waals surface area (Å²) in [7, 11) is 0. The van der Waals surface area contributed by atoms with Crippen molar-refractivity contribution in [3.8, 4) is 5.69 Å². The summed E-state index contributed by atoms with van der Waals surface area (Å²) in [6.45, 7) is 1.51. The molecule has 106 valence electrons. The fourth-order valence-electron chi connectivity index (χ4n) is 1.76. The summed E-state index contributed by atoms with van der Waals surface area (Å²) in [6, 6.07) is 5.87. The number of aromatic nitrogens is 5. The third-order valence-electron chi connectivity index (χ3n) is 2.69. The van der Waals surface area contributed by atoms with Crippen LogP contribution in [-0.4, -0.2) is 36.5 Å². The van der Waals surface area contributed by atoms with Gasteiger partial charge in [0.15, 0.2) is 11.2 Å². The summed E-state index contributed by atoms with van der Waals surface area (Å²) in [6.07, 6.45) is 1.40. The number of halogens is 1. The van der Waals surface area contributed by atoms with Gasteiger partial charge in [-0.15, -0.1) is 5.10 Å². The molecule has 3 aromatic rings. The summed E-state index contributed by atoms with van der Waals surface area (Å²) in [4.78, 5) is 19.4. The van der Waals surface area contributed by atoms with Gasteiger partial charge in [0.2, 0.25) is 0 Å². The van der Waals surface area contributed by atoms with E-state index in [4.69, 9.17) is 0 Å². The molecule has 2 heterocycles. The lowest BCUT2D eigenvalue weighted by molar-refractivity contribution is -0.114. The number of benzene rings is 1. The molecule has 0 amide bonds. The predicted octanol–water partition coefficient (Wildman–Crippen LogP) is 2.03. The number of thioether (sulfide) groups is 1. The average Bonchev–Trinajstić information content (AvgIpc) is 2.90. The summed E-state index contributed by atoms with van der Waals surface area (Å²) < 4.78 is 14.5. The maximum absolute atomic E-state index is 13.0. The van der Waals surface area contributed by atoms with Crippen molar-refractivity contribution < 1.29 is 9.18 Å². The molecule has 0 unspecified atom stereocenters. The van der Waals surface area contributed by atoms with E-state index in [9.17, 15) is 9.18 Å². The van der Waals surface area contributed by atoms with Gasteiger partial charge in [-0.1, -0.05) is 17.0 Å². The van der Waals surface area contributed by atoms with Crippen molar-refractivity contribution >= 4 is 28.7 Å². The Morgan fingerprint density at radius 1 is 1.29 bits per heavy atom. The molecule has 0 N–H and O–H groups in total. The average molecular weight is 303 g/mol. The minimum atomic E-state index is -0.324. The quantitative estimate of drug-likeness (QED) is 0.542. The zero-order chi connectivity index (χ0) is 14.8. The number of ketones is 1. The minimum Gasteiger partial charge on any atom is -0.299 e. The molecule has 2 aromatic heterocycles. The van der Waals surface area contributed by atoms with Crippen LogP contribution in [0.2, 0.25) is 0 Å². The van der Waals surface area contributed by atoms with E-state index in [-0.39, 0.29) is 11.6 Å². The second-order valence-electron chi connectivity index (χ2n) is 4.32. The number of carbonyl (C=O) groups is 1. The van der Waals surface area contributed by atoms with Crippen LogP contribution in [0.25, 0.3) is 16.9 Å². The fraction of sp³-hybridized carbons (Fsp3) is 0.154. The van der Waals surface area contributed by atoms with Crippen LogP contribution in [0.4, 0.5) is 4.39 Å². The van der Waals surface area contributed by atoms with Crippen molar-refractivity contribution in [1.82, 2.24) is 25.0 Å². The summed E-state index contributed by atoms with van der Waals surface area (Å²) in [5.41, 5.74) is 1.69. The number of hydrogen-bond donors (Lipinski definition) is 0. The van der Waals surface area contributed by atoms with Crippen LogP contribution >= 0.6 is 11.8 Å². The van der Waals surface area contributed by atoms with E-state index in [0.717, 1.165) is 0 Å². The van der Waals surface area contributed by atoms with Gasteiger partial charge in [0.25, 0.3) is 0 Å². The molecule has 6 nitrogen and oxygen atoms in total. The second-order valence-corrected chi connectivity index (χ2v) is 5.28. The molecule has 0 saturated carbocycles. The van der Waals surface area contributed by atoms with Crippen molar-refractivity contribution in [2.24, 2.45) is 0 Å². The number of rotatable bonds is 4. The Morgan fingerprint density at radius 3 is 2.76 bits per heavy atom. The van der Waals surface area contributed by atoms with Gasteiger partial charge in [-0.05, 0) is 31.2 Å². The first-order valence-electron chi connectivity index (χ1n) is 6.10. The van der Waals surface area contributed by atoms with E-state index in [1.807, 2.05) is 0 Å². The summed E-state index contributed by atoms with van der Waals surface area (Å²) in [5.74, 6) is 0.0448. The molecule has 0 atom stereocenters. The Balaban J connectivity index is 2.04. The van der Waals surface area contributed by atoms with Crippen LogP contribution in [0.3, 0.4) is 0 Å². The first-order chi connectivity index (χ1) is 10.1. The number of carbonyl (C=O) groups excluding carboxylic acids is 1. The van der Waals surface area contributed by atoms with Crippen LogP contribution in [-0.2, 0) is 4.79 Å². The zero-order valence-electron chi connectivity index (χ0n) is 11.0. The molecule has 0 saturated heterocycles. The third kappa shape index (κ3) is 2.75. The molecule has 21 heavy (non-hydrogen) atoms. The smallest absolute Gasteiger partial charge is 0.187 e. The van der Waals surface area contributed by atoms with Crippen molar-refractivity contribution in [2.75, 3.05) is 5.75 Å². The van der Waals surface area contributed by atoms with Gasteiger partial charge in [0, 0.05) is 0 Å². The van der Waals surface area contributed by atoms with Crippen molar-refractivity contribution in [1.29, 1.82) is 0 Å². The Morgan fingerprint density at radius 2 is 2.05 bits per heavy atom. The highest BCUT2D eigenvalue weighted by molar-refractivity contribution is 8.00. The lowest BCUT2D eigenvalue weighted by Crippen LogP contribution is -1.99. The zero-order valence-corrected chi connectivity index (χ0v) is 11.8. The molecule has 0 spiro atoms. The molecule has 0 fully saturated rings. The number of Topliss-reactive ketones (excluding diaryl/α,β-unsaturated/α-hetero) is 1. The van der Waals surface area contributed by atoms with Crippen LogP contribution in [0.1, 0.15) is 6.92 Å². The molecule has 0 bridgehead atoms. The molecule has 0 aliphatic heterocycles. The highest BCUT2D eigenvalue weighted by Gasteiger charge is 2.13. The van der Waals surface area contributed by atoms with E-state index in [2.05, 4.69) is 20.3 Å². The van der Waals surface area contributed by atoms with Gasteiger partial charge in [0.1, 0.15) is 23.0 Å². The van der Waals surface area contributed by atoms with Crippen molar-refractivity contribution in [3.63, 3.8) is 0 Å². The minimum absolute atomic E-state index is 0.0534. The molecular formula is C13H10FN5OS. The van der Waals surface area contributed by atoms with Crippen molar-refractivity contribution in [3.05, 3.63) is 36.4 Å². The first kappa shape index (κ1) is 13.6. The number of hydrogen-bond acceptors (Lipinski definition) is 6. The Bertz CT molecular complexity index is 802. The monoisotopic (exact) mass is 303 g/mol. The van der Waals surface area contributed by atoms with Crippen LogP contribution in [0, 0.1) is 5.82 Å². The first-order valence-corrected chi connectivity index (χ1v) is 7.08. The predicted molar refractivity (Wildman–Crippen MR) is 75.8 cm³/mol. The van der Waals surface area contributed by atoms with E-state index in [1.165, 1.54) is 41.8 Å². The van der Waals surface area contributed by atoms with Gasteiger partial charge < -0.3 is 0 Å². The Kier molecular flexibility index (Phi) is 3.61. The fourth-order valence-corrected chi connectivity index (χ4v) is 2.49. The van der Waals surface area contributed by atoms with Gasteiger partial charge in [-0.3, -0.25) is 4.79 Å². The van der Waals surface area contributed by atoms with Crippen LogP contribution in [0.5, 0.6) is 0 Å². The summed E-state index contributed by atoms with van der Waals surface area (Å²) in [5, 5.41) is 8.68. The van der Waals surface area contributed by atoms with Gasteiger partial charge in [0.05, 0.1) is 11.4 Å². The highest BCUT2D eigenvalue weighted by Crippen LogP contribution is 2.23. The Hall–Kier alpha value is -2.35.